The average Bonchev–Trinajstić information content (AvgIpc) is 3.20. The van der Waals surface area contributed by atoms with Crippen LogP contribution in [0.3, 0.4) is 0 Å². The Hall–Kier alpha value is -0.740. The third-order valence-corrected chi connectivity index (χ3v) is 4.43. The molecule has 0 aliphatic heterocycles. The number of nitrogens with one attached hydrogen (secondary N) is 1. The molecule has 106 valence electrons. The van der Waals surface area contributed by atoms with Crippen molar-refractivity contribution in [2.24, 2.45) is 5.92 Å². The van der Waals surface area contributed by atoms with E-state index in [-0.39, 0.29) is 5.54 Å². The van der Waals surface area contributed by atoms with E-state index in [0.29, 0.717) is 0 Å². The fourth-order valence-corrected chi connectivity index (χ4v) is 3.00. The summed E-state index contributed by atoms with van der Waals surface area (Å²) in [4.78, 5) is 0. The summed E-state index contributed by atoms with van der Waals surface area (Å²) >= 11 is 3.53. The van der Waals surface area contributed by atoms with Crippen molar-refractivity contribution in [2.45, 2.75) is 38.8 Å². The summed E-state index contributed by atoms with van der Waals surface area (Å²) in [5.74, 6) is 2.32. The van der Waals surface area contributed by atoms with Gasteiger partial charge in [0.1, 0.15) is 0 Å². The number of hydrogen-bond donors (Lipinski definition) is 1. The van der Waals surface area contributed by atoms with E-state index in [1.807, 2.05) is 6.07 Å². The van der Waals surface area contributed by atoms with Crippen molar-refractivity contribution in [1.82, 2.24) is 5.32 Å². The average molecular weight is 328 g/mol. The topological polar surface area (TPSA) is 30.5 Å². The van der Waals surface area contributed by atoms with E-state index in [1.54, 1.807) is 14.2 Å². The Labute approximate surface area is 123 Å². The largest absolute Gasteiger partial charge is 0.493 e. The number of hydrogen-bond acceptors (Lipinski definition) is 3. The van der Waals surface area contributed by atoms with Crippen molar-refractivity contribution in [1.29, 1.82) is 0 Å². The summed E-state index contributed by atoms with van der Waals surface area (Å²) in [6.07, 6.45) is 2.69. The highest BCUT2D eigenvalue weighted by Gasteiger charge is 2.37. The van der Waals surface area contributed by atoms with Crippen molar-refractivity contribution in [3.63, 3.8) is 0 Å². The van der Waals surface area contributed by atoms with Crippen molar-refractivity contribution in [3.8, 4) is 11.5 Å². The Morgan fingerprint density at radius 2 is 1.95 bits per heavy atom. The molecule has 0 aromatic heterocycles. The van der Waals surface area contributed by atoms with E-state index in [0.717, 1.165) is 28.4 Å². The van der Waals surface area contributed by atoms with Gasteiger partial charge in [0.25, 0.3) is 0 Å². The van der Waals surface area contributed by atoms with Crippen LogP contribution in [0.25, 0.3) is 0 Å². The van der Waals surface area contributed by atoms with Crippen molar-refractivity contribution < 1.29 is 9.47 Å². The Morgan fingerprint density at radius 1 is 1.26 bits per heavy atom. The molecular weight excluding hydrogens is 306 g/mol. The molecule has 0 unspecified atom stereocenters. The zero-order valence-corrected chi connectivity index (χ0v) is 13.6. The Balaban J connectivity index is 2.10. The molecule has 0 saturated heterocycles. The van der Waals surface area contributed by atoms with Crippen molar-refractivity contribution >= 4 is 15.9 Å². The number of halogens is 1. The SMILES string of the molecule is COc1cc(CNC(C)(C)C2CC2)cc(Br)c1OC. The quantitative estimate of drug-likeness (QED) is 0.863. The summed E-state index contributed by atoms with van der Waals surface area (Å²) in [6.45, 7) is 5.39. The summed E-state index contributed by atoms with van der Waals surface area (Å²) in [5.41, 5.74) is 1.40. The number of ether oxygens (including phenoxy) is 2. The molecule has 0 atom stereocenters. The van der Waals surface area contributed by atoms with Gasteiger partial charge in [0.2, 0.25) is 0 Å². The third-order valence-electron chi connectivity index (χ3n) is 3.84. The van der Waals surface area contributed by atoms with Gasteiger partial charge in [0.05, 0.1) is 18.7 Å². The predicted molar refractivity (Wildman–Crippen MR) is 80.9 cm³/mol. The molecule has 0 spiro atoms. The predicted octanol–water partition coefficient (Wildman–Crippen LogP) is 3.74. The van der Waals surface area contributed by atoms with Crippen LogP contribution in [0, 0.1) is 5.92 Å². The molecule has 0 amide bonds. The maximum Gasteiger partial charge on any atom is 0.174 e. The maximum atomic E-state index is 5.37. The molecule has 3 nitrogen and oxygen atoms in total. The van der Waals surface area contributed by atoms with Crippen LogP contribution < -0.4 is 14.8 Å². The molecule has 1 saturated carbocycles. The second kappa shape index (κ2) is 5.71. The lowest BCUT2D eigenvalue weighted by Crippen LogP contribution is -2.40. The Bertz CT molecular complexity index is 456. The molecule has 4 heteroatoms. The van der Waals surface area contributed by atoms with Crippen LogP contribution in [0.1, 0.15) is 32.3 Å². The summed E-state index contributed by atoms with van der Waals surface area (Å²) < 4.78 is 11.6. The highest BCUT2D eigenvalue weighted by atomic mass is 79.9. The number of rotatable bonds is 6. The van der Waals surface area contributed by atoms with Gasteiger partial charge in [-0.3, -0.25) is 0 Å². The van der Waals surface area contributed by atoms with Gasteiger partial charge >= 0.3 is 0 Å². The second-order valence-electron chi connectivity index (χ2n) is 5.66. The molecule has 0 heterocycles. The fourth-order valence-electron chi connectivity index (χ4n) is 2.35. The van der Waals surface area contributed by atoms with E-state index in [2.05, 4.69) is 41.2 Å². The van der Waals surface area contributed by atoms with Gasteiger partial charge in [-0.05, 0) is 66.2 Å². The fraction of sp³-hybridized carbons (Fsp3) is 0.600. The first kappa shape index (κ1) is 14.7. The van der Waals surface area contributed by atoms with Gasteiger partial charge < -0.3 is 14.8 Å². The second-order valence-corrected chi connectivity index (χ2v) is 6.52. The van der Waals surface area contributed by atoms with Crippen LogP contribution in [0.2, 0.25) is 0 Å². The van der Waals surface area contributed by atoms with Crippen molar-refractivity contribution in [3.05, 3.63) is 22.2 Å². The summed E-state index contributed by atoms with van der Waals surface area (Å²) in [7, 11) is 3.31. The first-order valence-corrected chi connectivity index (χ1v) is 7.42. The summed E-state index contributed by atoms with van der Waals surface area (Å²) in [5, 5.41) is 3.64. The van der Waals surface area contributed by atoms with Crippen LogP contribution >= 0.6 is 15.9 Å². The molecule has 1 aliphatic rings. The first-order chi connectivity index (χ1) is 8.97. The van der Waals surface area contributed by atoms with Crippen LogP contribution in [-0.4, -0.2) is 19.8 Å². The van der Waals surface area contributed by atoms with E-state index in [4.69, 9.17) is 9.47 Å². The normalized spacial score (nSPS) is 15.4. The van der Waals surface area contributed by atoms with Crippen LogP contribution in [0.5, 0.6) is 11.5 Å². The standard InChI is InChI=1S/C15H22BrNO2/c1-15(2,11-5-6-11)17-9-10-7-12(16)14(19-4)13(8-10)18-3/h7-8,11,17H,5-6,9H2,1-4H3. The van der Waals surface area contributed by atoms with Crippen molar-refractivity contribution in [2.75, 3.05) is 14.2 Å². The molecule has 1 fully saturated rings. The minimum Gasteiger partial charge on any atom is -0.493 e. The minimum atomic E-state index is 0.208. The first-order valence-electron chi connectivity index (χ1n) is 6.63. The van der Waals surface area contributed by atoms with Gasteiger partial charge in [-0.25, -0.2) is 0 Å². The molecule has 0 radical (unpaired) electrons. The monoisotopic (exact) mass is 327 g/mol. The molecule has 1 aromatic carbocycles. The van der Waals surface area contributed by atoms with E-state index >= 15 is 0 Å². The lowest BCUT2D eigenvalue weighted by molar-refractivity contribution is 0.336. The molecule has 1 N–H and O–H groups in total. The van der Waals surface area contributed by atoms with Gasteiger partial charge in [-0.2, -0.15) is 0 Å². The maximum absolute atomic E-state index is 5.37. The van der Waals surface area contributed by atoms with E-state index in [9.17, 15) is 0 Å². The van der Waals surface area contributed by atoms with Crippen LogP contribution in [0.4, 0.5) is 0 Å². The number of methoxy groups -OCH3 is 2. The molecule has 2 rings (SSSR count). The highest BCUT2D eigenvalue weighted by molar-refractivity contribution is 9.10. The van der Waals surface area contributed by atoms with Gasteiger partial charge in [0.15, 0.2) is 11.5 Å². The number of benzene rings is 1. The highest BCUT2D eigenvalue weighted by Crippen LogP contribution is 2.40. The van der Waals surface area contributed by atoms with E-state index < -0.39 is 0 Å². The molecule has 1 aliphatic carbocycles. The van der Waals surface area contributed by atoms with Gasteiger partial charge in [-0.15, -0.1) is 0 Å². The zero-order valence-electron chi connectivity index (χ0n) is 12.0. The minimum absolute atomic E-state index is 0.208. The molecular formula is C15H22BrNO2. The van der Waals surface area contributed by atoms with Gasteiger partial charge in [0, 0.05) is 12.1 Å². The van der Waals surface area contributed by atoms with Gasteiger partial charge in [-0.1, -0.05) is 0 Å². The zero-order chi connectivity index (χ0) is 14.0. The molecule has 19 heavy (non-hydrogen) atoms. The Kier molecular flexibility index (Phi) is 4.41. The molecule has 0 bridgehead atoms. The van der Waals surface area contributed by atoms with Crippen LogP contribution in [0.15, 0.2) is 16.6 Å². The smallest absolute Gasteiger partial charge is 0.174 e. The lowest BCUT2D eigenvalue weighted by Gasteiger charge is -2.26. The Morgan fingerprint density at radius 3 is 2.47 bits per heavy atom. The van der Waals surface area contributed by atoms with E-state index in [1.165, 1.54) is 18.4 Å². The molecule has 1 aromatic rings. The summed E-state index contributed by atoms with van der Waals surface area (Å²) in [6, 6.07) is 4.11. The third kappa shape index (κ3) is 3.42. The van der Waals surface area contributed by atoms with Crippen LogP contribution in [-0.2, 0) is 6.54 Å². The lowest BCUT2D eigenvalue weighted by atomic mass is 9.98.